The summed E-state index contributed by atoms with van der Waals surface area (Å²) in [6, 6.07) is 7.42. The number of anilines is 1. The molecular weight excluding hydrogens is 248 g/mol. The molecule has 94 valence electrons. The Kier molecular flexibility index (Phi) is 3.62. The molecule has 2 N–H and O–H groups in total. The number of rotatable bonds is 4. The van der Waals surface area contributed by atoms with E-state index < -0.39 is 5.97 Å². The van der Waals surface area contributed by atoms with Gasteiger partial charge in [-0.1, -0.05) is 0 Å². The zero-order chi connectivity index (χ0) is 13.1. The first-order valence-corrected chi connectivity index (χ1v) is 6.38. The topological polar surface area (TPSA) is 62.2 Å². The predicted octanol–water partition coefficient (Wildman–Crippen LogP) is 3.07. The maximum atomic E-state index is 10.9. The number of carboxylic acid groups (broad SMARTS) is 1. The van der Waals surface area contributed by atoms with E-state index in [1.807, 2.05) is 0 Å². The fourth-order valence-electron chi connectivity index (χ4n) is 1.64. The number of nitrogens with zero attached hydrogens (tertiary/aromatic N) is 1. The van der Waals surface area contributed by atoms with Crippen molar-refractivity contribution in [1.82, 2.24) is 4.98 Å². The second kappa shape index (κ2) is 5.18. The summed E-state index contributed by atoms with van der Waals surface area (Å²) in [4.78, 5) is 17.6. The molecule has 0 radical (unpaired) electrons. The molecule has 5 heteroatoms. The summed E-state index contributed by atoms with van der Waals surface area (Å²) in [5.41, 5.74) is 0.766. The Labute approximate surface area is 109 Å². The van der Waals surface area contributed by atoms with Crippen LogP contribution in [0.3, 0.4) is 0 Å². The Bertz CT molecular complexity index is 578. The molecule has 0 amide bonds. The molecule has 2 rings (SSSR count). The Morgan fingerprint density at radius 3 is 2.67 bits per heavy atom. The van der Waals surface area contributed by atoms with Crippen LogP contribution in [-0.2, 0) is 6.54 Å². The van der Waals surface area contributed by atoms with Crippen molar-refractivity contribution in [2.24, 2.45) is 0 Å². The minimum absolute atomic E-state index is 0.243. The molecule has 0 bridgehead atoms. The lowest BCUT2D eigenvalue weighted by Crippen LogP contribution is -2.05. The first-order valence-electron chi connectivity index (χ1n) is 5.56. The summed E-state index contributed by atoms with van der Waals surface area (Å²) in [5, 5.41) is 12.1. The molecule has 0 unspecified atom stereocenters. The lowest BCUT2D eigenvalue weighted by molar-refractivity contribution is 0.0695. The van der Waals surface area contributed by atoms with Crippen molar-refractivity contribution in [2.75, 3.05) is 5.32 Å². The van der Waals surface area contributed by atoms with Crippen molar-refractivity contribution in [3.8, 4) is 0 Å². The number of carboxylic acids is 1. The molecular formula is C13H14N2O2S. The van der Waals surface area contributed by atoms with Crippen LogP contribution in [-0.4, -0.2) is 16.1 Å². The molecule has 2 aromatic rings. The van der Waals surface area contributed by atoms with Gasteiger partial charge in [-0.3, -0.25) is 0 Å². The van der Waals surface area contributed by atoms with Gasteiger partial charge in [0.05, 0.1) is 17.8 Å². The minimum Gasteiger partial charge on any atom is -0.478 e. The molecule has 4 nitrogen and oxygen atoms in total. The van der Waals surface area contributed by atoms with E-state index in [0.717, 1.165) is 0 Å². The van der Waals surface area contributed by atoms with E-state index in [4.69, 9.17) is 5.11 Å². The van der Waals surface area contributed by atoms with Gasteiger partial charge in [0.2, 0.25) is 0 Å². The van der Waals surface area contributed by atoms with Crippen LogP contribution >= 0.6 is 11.3 Å². The quantitative estimate of drug-likeness (QED) is 0.889. The molecule has 0 aliphatic carbocycles. The SMILES string of the molecule is Cc1ccc(CNc2ccc(C(=O)O)c(C)n2)s1. The average Bonchev–Trinajstić information content (AvgIpc) is 2.72. The predicted molar refractivity (Wildman–Crippen MR) is 72.3 cm³/mol. The van der Waals surface area contributed by atoms with Crippen LogP contribution in [0.5, 0.6) is 0 Å². The number of carbonyl (C=O) groups is 1. The highest BCUT2D eigenvalue weighted by atomic mass is 32.1. The van der Waals surface area contributed by atoms with Gasteiger partial charge in [0.25, 0.3) is 0 Å². The van der Waals surface area contributed by atoms with Gasteiger partial charge in [-0.05, 0) is 38.1 Å². The van der Waals surface area contributed by atoms with Gasteiger partial charge in [-0.25, -0.2) is 9.78 Å². The molecule has 2 aromatic heterocycles. The van der Waals surface area contributed by atoms with Gasteiger partial charge in [0.1, 0.15) is 5.82 Å². The summed E-state index contributed by atoms with van der Waals surface area (Å²) in [7, 11) is 0. The van der Waals surface area contributed by atoms with Crippen LogP contribution < -0.4 is 5.32 Å². The summed E-state index contributed by atoms with van der Waals surface area (Å²) in [6.45, 7) is 4.47. The van der Waals surface area contributed by atoms with Crippen molar-refractivity contribution < 1.29 is 9.90 Å². The highest BCUT2D eigenvalue weighted by Crippen LogP contribution is 2.17. The molecule has 0 atom stereocenters. The summed E-state index contributed by atoms with van der Waals surface area (Å²) in [6.07, 6.45) is 0. The highest BCUT2D eigenvalue weighted by Gasteiger charge is 2.08. The third-order valence-electron chi connectivity index (χ3n) is 2.56. The van der Waals surface area contributed by atoms with Gasteiger partial charge < -0.3 is 10.4 Å². The maximum Gasteiger partial charge on any atom is 0.337 e. The number of nitrogens with one attached hydrogen (secondary N) is 1. The Morgan fingerprint density at radius 2 is 2.11 bits per heavy atom. The first-order chi connectivity index (χ1) is 8.56. The Balaban J connectivity index is 2.06. The lowest BCUT2D eigenvalue weighted by Gasteiger charge is -2.06. The van der Waals surface area contributed by atoms with Crippen molar-refractivity contribution >= 4 is 23.1 Å². The second-order valence-electron chi connectivity index (χ2n) is 4.00. The van der Waals surface area contributed by atoms with E-state index in [1.165, 1.54) is 9.75 Å². The van der Waals surface area contributed by atoms with E-state index >= 15 is 0 Å². The molecule has 18 heavy (non-hydrogen) atoms. The standard InChI is InChI=1S/C13H14N2O2S/c1-8-3-4-10(18-8)7-14-12-6-5-11(13(16)17)9(2)15-12/h3-6H,7H2,1-2H3,(H,14,15)(H,16,17). The molecule has 0 saturated heterocycles. The van der Waals surface area contributed by atoms with Crippen LogP contribution in [0.2, 0.25) is 0 Å². The first kappa shape index (κ1) is 12.6. The smallest absolute Gasteiger partial charge is 0.337 e. The number of aromatic carboxylic acids is 1. The zero-order valence-electron chi connectivity index (χ0n) is 10.2. The van der Waals surface area contributed by atoms with E-state index in [1.54, 1.807) is 30.4 Å². The van der Waals surface area contributed by atoms with Crippen molar-refractivity contribution in [2.45, 2.75) is 20.4 Å². The van der Waals surface area contributed by atoms with Crippen LogP contribution in [0.15, 0.2) is 24.3 Å². The largest absolute Gasteiger partial charge is 0.478 e. The molecule has 0 saturated carbocycles. The van der Waals surface area contributed by atoms with E-state index in [-0.39, 0.29) is 5.56 Å². The van der Waals surface area contributed by atoms with Crippen LogP contribution in [0, 0.1) is 13.8 Å². The third-order valence-corrected chi connectivity index (χ3v) is 3.56. The maximum absolute atomic E-state index is 10.9. The second-order valence-corrected chi connectivity index (χ2v) is 5.37. The number of pyridine rings is 1. The third kappa shape index (κ3) is 2.87. The van der Waals surface area contributed by atoms with Gasteiger partial charge in [0.15, 0.2) is 0 Å². The average molecular weight is 262 g/mol. The number of aromatic nitrogens is 1. The van der Waals surface area contributed by atoms with E-state index in [0.29, 0.717) is 18.1 Å². The summed E-state index contributed by atoms with van der Waals surface area (Å²) in [5.74, 6) is -0.246. The summed E-state index contributed by atoms with van der Waals surface area (Å²) < 4.78 is 0. The number of aryl methyl sites for hydroxylation is 2. The zero-order valence-corrected chi connectivity index (χ0v) is 11.0. The molecule has 0 spiro atoms. The normalized spacial score (nSPS) is 10.3. The Morgan fingerprint density at radius 1 is 1.33 bits per heavy atom. The fraction of sp³-hybridized carbons (Fsp3) is 0.231. The molecule has 0 aliphatic heterocycles. The minimum atomic E-state index is -0.944. The number of hydrogen-bond donors (Lipinski definition) is 2. The molecule has 0 aliphatic rings. The van der Waals surface area contributed by atoms with Gasteiger partial charge in [-0.15, -0.1) is 11.3 Å². The summed E-state index contributed by atoms with van der Waals surface area (Å²) >= 11 is 1.73. The van der Waals surface area contributed by atoms with E-state index in [9.17, 15) is 4.79 Å². The van der Waals surface area contributed by atoms with Crippen molar-refractivity contribution in [1.29, 1.82) is 0 Å². The van der Waals surface area contributed by atoms with Crippen LogP contribution in [0.4, 0.5) is 5.82 Å². The molecule has 0 aromatic carbocycles. The Hall–Kier alpha value is -1.88. The monoisotopic (exact) mass is 262 g/mol. The number of thiophene rings is 1. The number of hydrogen-bond acceptors (Lipinski definition) is 4. The fourth-order valence-corrected chi connectivity index (χ4v) is 2.47. The van der Waals surface area contributed by atoms with Crippen LogP contribution in [0.1, 0.15) is 25.8 Å². The van der Waals surface area contributed by atoms with Crippen LogP contribution in [0.25, 0.3) is 0 Å². The molecule has 2 heterocycles. The van der Waals surface area contributed by atoms with E-state index in [2.05, 4.69) is 29.4 Å². The molecule has 0 fully saturated rings. The van der Waals surface area contributed by atoms with Crippen molar-refractivity contribution in [3.05, 3.63) is 45.3 Å². The van der Waals surface area contributed by atoms with Gasteiger partial charge in [-0.2, -0.15) is 0 Å². The van der Waals surface area contributed by atoms with Crippen molar-refractivity contribution in [3.63, 3.8) is 0 Å². The van der Waals surface area contributed by atoms with Gasteiger partial charge >= 0.3 is 5.97 Å². The highest BCUT2D eigenvalue weighted by molar-refractivity contribution is 7.11. The van der Waals surface area contributed by atoms with Gasteiger partial charge in [0, 0.05) is 9.75 Å². The lowest BCUT2D eigenvalue weighted by atomic mass is 10.2.